The fourth-order valence-corrected chi connectivity index (χ4v) is 3.54. The largest absolute Gasteiger partial charge is 0.465 e. The van der Waals surface area contributed by atoms with Crippen molar-refractivity contribution >= 4 is 11.9 Å². The molecule has 0 aromatic carbocycles. The Balaban J connectivity index is 2.26. The first kappa shape index (κ1) is 15.3. The first-order valence-corrected chi connectivity index (χ1v) is 7.55. The van der Waals surface area contributed by atoms with Crippen LogP contribution in [0, 0.1) is 5.92 Å². The number of carbonyl (C=O) groups is 2. The molecule has 20 heavy (non-hydrogen) atoms. The lowest BCUT2D eigenvalue weighted by molar-refractivity contribution is -0.164. The lowest BCUT2D eigenvalue weighted by Gasteiger charge is -2.38. The van der Waals surface area contributed by atoms with Crippen LogP contribution in [-0.2, 0) is 19.1 Å². The molecule has 2 aliphatic rings. The summed E-state index contributed by atoms with van der Waals surface area (Å²) in [5.41, 5.74) is -1.32. The summed E-state index contributed by atoms with van der Waals surface area (Å²) in [6.07, 6.45) is 2.41. The second kappa shape index (κ2) is 5.35. The fraction of sp³-hybridized carbons (Fsp3) is 0.867. The van der Waals surface area contributed by atoms with Crippen LogP contribution in [0.15, 0.2) is 0 Å². The van der Waals surface area contributed by atoms with Crippen molar-refractivity contribution in [2.75, 3.05) is 19.8 Å². The van der Waals surface area contributed by atoms with Crippen LogP contribution in [0.2, 0.25) is 0 Å². The van der Waals surface area contributed by atoms with Crippen molar-refractivity contribution in [2.45, 2.75) is 58.0 Å². The van der Waals surface area contributed by atoms with Crippen LogP contribution >= 0.6 is 0 Å². The van der Waals surface area contributed by atoms with Crippen LogP contribution in [0.5, 0.6) is 0 Å². The summed E-state index contributed by atoms with van der Waals surface area (Å²) < 4.78 is 10.5. The van der Waals surface area contributed by atoms with Crippen LogP contribution in [0.4, 0.5) is 0 Å². The number of esters is 2. The van der Waals surface area contributed by atoms with Gasteiger partial charge in [0.25, 0.3) is 0 Å². The molecule has 114 valence electrons. The number of rotatable bonds is 5. The highest BCUT2D eigenvalue weighted by atomic mass is 16.5. The molecule has 0 bridgehead atoms. The van der Waals surface area contributed by atoms with E-state index in [1.165, 1.54) is 0 Å². The average molecular weight is 283 g/mol. The molecule has 3 unspecified atom stereocenters. The molecule has 0 aromatic rings. The molecule has 1 heterocycles. The van der Waals surface area contributed by atoms with Crippen molar-refractivity contribution in [1.29, 1.82) is 0 Å². The number of hydrogen-bond acceptors (Lipinski definition) is 5. The highest BCUT2D eigenvalue weighted by Gasteiger charge is 2.68. The zero-order chi connectivity index (χ0) is 15.0. The summed E-state index contributed by atoms with van der Waals surface area (Å²) in [6.45, 7) is 9.04. The van der Waals surface area contributed by atoms with Crippen molar-refractivity contribution in [2.24, 2.45) is 5.92 Å². The maximum absolute atomic E-state index is 12.4. The van der Waals surface area contributed by atoms with E-state index >= 15 is 0 Å². The minimum atomic E-state index is -0.701. The molecule has 1 saturated carbocycles. The Bertz CT molecular complexity index is 411. The Kier molecular flexibility index (Phi) is 4.09. The second-order valence-corrected chi connectivity index (χ2v) is 6.00. The maximum Gasteiger partial charge on any atom is 0.326 e. The minimum absolute atomic E-state index is 0.190. The van der Waals surface area contributed by atoms with E-state index < -0.39 is 11.1 Å². The van der Waals surface area contributed by atoms with Gasteiger partial charge in [-0.3, -0.25) is 14.5 Å². The van der Waals surface area contributed by atoms with Crippen molar-refractivity contribution in [3.63, 3.8) is 0 Å². The molecule has 2 fully saturated rings. The molecule has 0 spiro atoms. The smallest absolute Gasteiger partial charge is 0.326 e. The third-order valence-corrected chi connectivity index (χ3v) is 4.74. The van der Waals surface area contributed by atoms with E-state index in [0.717, 1.165) is 25.8 Å². The lowest BCUT2D eigenvalue weighted by atomic mass is 9.96. The third kappa shape index (κ3) is 2.12. The molecule has 0 aromatic heterocycles. The van der Waals surface area contributed by atoms with Gasteiger partial charge >= 0.3 is 11.9 Å². The minimum Gasteiger partial charge on any atom is -0.465 e. The molecule has 5 nitrogen and oxygen atoms in total. The highest BCUT2D eigenvalue weighted by molar-refractivity contribution is 5.88. The average Bonchev–Trinajstić information content (AvgIpc) is 2.90. The van der Waals surface area contributed by atoms with Gasteiger partial charge in [-0.25, -0.2) is 0 Å². The summed E-state index contributed by atoms with van der Waals surface area (Å²) in [6, 6.07) is 0. The van der Waals surface area contributed by atoms with Crippen molar-refractivity contribution < 1.29 is 19.1 Å². The van der Waals surface area contributed by atoms with Gasteiger partial charge in [0.2, 0.25) is 0 Å². The standard InChI is InChI=1S/C15H25NO4/c1-5-19-12(17)14(4)8-7-9-16(14)15(10-11(15)3)13(18)20-6-2/h11H,5-10H2,1-4H3. The lowest BCUT2D eigenvalue weighted by Crippen LogP contribution is -2.58. The van der Waals surface area contributed by atoms with Crippen molar-refractivity contribution in [3.8, 4) is 0 Å². The number of ether oxygens (including phenoxy) is 2. The Morgan fingerprint density at radius 1 is 1.20 bits per heavy atom. The van der Waals surface area contributed by atoms with Crippen LogP contribution in [0.25, 0.3) is 0 Å². The molecule has 1 aliphatic heterocycles. The third-order valence-electron chi connectivity index (χ3n) is 4.74. The fourth-order valence-electron chi connectivity index (χ4n) is 3.54. The molecule has 0 radical (unpaired) electrons. The van der Waals surface area contributed by atoms with Gasteiger partial charge in [0.05, 0.1) is 13.2 Å². The number of hydrogen-bond donors (Lipinski definition) is 0. The second-order valence-electron chi connectivity index (χ2n) is 6.00. The molecular weight excluding hydrogens is 258 g/mol. The quantitative estimate of drug-likeness (QED) is 0.719. The summed E-state index contributed by atoms with van der Waals surface area (Å²) >= 11 is 0. The van der Waals surface area contributed by atoms with Crippen molar-refractivity contribution in [3.05, 3.63) is 0 Å². The van der Waals surface area contributed by atoms with Gasteiger partial charge in [0, 0.05) is 6.54 Å². The topological polar surface area (TPSA) is 55.8 Å². The van der Waals surface area contributed by atoms with Gasteiger partial charge in [-0.15, -0.1) is 0 Å². The van der Waals surface area contributed by atoms with Gasteiger partial charge in [0.1, 0.15) is 11.1 Å². The van der Waals surface area contributed by atoms with Crippen molar-refractivity contribution in [1.82, 2.24) is 4.90 Å². The highest BCUT2D eigenvalue weighted by Crippen LogP contribution is 2.54. The molecule has 3 atom stereocenters. The maximum atomic E-state index is 12.4. The van der Waals surface area contributed by atoms with E-state index in [4.69, 9.17) is 9.47 Å². The van der Waals surface area contributed by atoms with Crippen LogP contribution in [-0.4, -0.2) is 47.7 Å². The summed E-state index contributed by atoms with van der Waals surface area (Å²) in [5.74, 6) is -0.182. The zero-order valence-corrected chi connectivity index (χ0v) is 12.9. The SMILES string of the molecule is CCOC(=O)C1(C)CCCN1C1(C(=O)OCC)CC1C. The van der Waals surface area contributed by atoms with Gasteiger partial charge in [0.15, 0.2) is 0 Å². The van der Waals surface area contributed by atoms with Gasteiger partial charge in [-0.2, -0.15) is 0 Å². The summed E-state index contributed by atoms with van der Waals surface area (Å²) in [5, 5.41) is 0. The monoisotopic (exact) mass is 283 g/mol. The van der Waals surface area contributed by atoms with Crippen LogP contribution < -0.4 is 0 Å². The van der Waals surface area contributed by atoms with Gasteiger partial charge in [-0.1, -0.05) is 6.92 Å². The van der Waals surface area contributed by atoms with E-state index in [2.05, 4.69) is 0 Å². The number of nitrogens with zero attached hydrogens (tertiary/aromatic N) is 1. The normalized spacial score (nSPS) is 36.7. The summed E-state index contributed by atoms with van der Waals surface area (Å²) in [7, 11) is 0. The number of likely N-dealkylation sites (tertiary alicyclic amines) is 1. The Labute approximate surface area is 120 Å². The predicted molar refractivity (Wildman–Crippen MR) is 74.1 cm³/mol. The van der Waals surface area contributed by atoms with E-state index in [9.17, 15) is 9.59 Å². The van der Waals surface area contributed by atoms with E-state index in [-0.39, 0.29) is 17.9 Å². The Morgan fingerprint density at radius 2 is 1.75 bits per heavy atom. The Morgan fingerprint density at radius 3 is 2.25 bits per heavy atom. The van der Waals surface area contributed by atoms with Gasteiger partial charge < -0.3 is 9.47 Å². The van der Waals surface area contributed by atoms with Crippen LogP contribution in [0.3, 0.4) is 0 Å². The van der Waals surface area contributed by atoms with E-state index in [1.54, 1.807) is 6.92 Å². The predicted octanol–water partition coefficient (Wildman–Crippen LogP) is 1.75. The molecule has 2 rings (SSSR count). The number of carbonyl (C=O) groups excluding carboxylic acids is 2. The summed E-state index contributed by atoms with van der Waals surface area (Å²) in [4.78, 5) is 26.7. The zero-order valence-electron chi connectivity index (χ0n) is 12.9. The molecular formula is C15H25NO4. The van der Waals surface area contributed by atoms with Crippen LogP contribution in [0.1, 0.15) is 47.0 Å². The Hall–Kier alpha value is -1.10. The molecule has 0 N–H and O–H groups in total. The molecule has 1 aliphatic carbocycles. The van der Waals surface area contributed by atoms with E-state index in [0.29, 0.717) is 13.2 Å². The first-order valence-electron chi connectivity index (χ1n) is 7.55. The molecule has 1 saturated heterocycles. The molecule has 5 heteroatoms. The van der Waals surface area contributed by atoms with Gasteiger partial charge in [-0.05, 0) is 46.0 Å². The first-order chi connectivity index (χ1) is 9.43. The van der Waals surface area contributed by atoms with E-state index in [1.807, 2.05) is 25.7 Å². The molecule has 0 amide bonds.